The van der Waals surface area contributed by atoms with Gasteiger partial charge in [0.1, 0.15) is 11.9 Å². The first-order chi connectivity index (χ1) is 13.2. The molecule has 2 aliphatic rings. The van der Waals surface area contributed by atoms with Gasteiger partial charge >= 0.3 is 0 Å². The molecular formula is C21H22N4O2. The van der Waals surface area contributed by atoms with Crippen LogP contribution in [-0.4, -0.2) is 31.0 Å². The van der Waals surface area contributed by atoms with E-state index in [1.54, 1.807) is 18.6 Å². The van der Waals surface area contributed by atoms with Crippen LogP contribution in [0.5, 0.6) is 11.6 Å². The van der Waals surface area contributed by atoms with Gasteiger partial charge in [-0.15, -0.1) is 10.2 Å². The second-order valence-corrected chi connectivity index (χ2v) is 7.68. The Morgan fingerprint density at radius 3 is 2.52 bits per heavy atom. The number of hydrogen-bond donors (Lipinski definition) is 1. The van der Waals surface area contributed by atoms with Crippen LogP contribution < -0.4 is 4.74 Å². The van der Waals surface area contributed by atoms with Crippen LogP contribution in [0.3, 0.4) is 0 Å². The van der Waals surface area contributed by atoms with Gasteiger partial charge in [-0.25, -0.2) is 4.98 Å². The minimum absolute atomic E-state index is 0.160. The summed E-state index contributed by atoms with van der Waals surface area (Å²) in [6, 6.07) is 9.16. The summed E-state index contributed by atoms with van der Waals surface area (Å²) in [6.07, 6.45) is 11.8. The van der Waals surface area contributed by atoms with Crippen molar-refractivity contribution < 1.29 is 9.84 Å². The zero-order chi connectivity index (χ0) is 18.2. The molecule has 6 heteroatoms. The van der Waals surface area contributed by atoms with E-state index in [0.29, 0.717) is 17.1 Å². The molecule has 6 nitrogen and oxygen atoms in total. The fraction of sp³-hybridized carbons (Fsp3) is 0.381. The van der Waals surface area contributed by atoms with Crippen molar-refractivity contribution >= 4 is 0 Å². The number of imidazole rings is 1. The van der Waals surface area contributed by atoms with Gasteiger partial charge in [0.2, 0.25) is 5.88 Å². The fourth-order valence-corrected chi connectivity index (χ4v) is 4.55. The smallest absolute Gasteiger partial charge is 0.233 e. The first-order valence-corrected chi connectivity index (χ1v) is 9.57. The Morgan fingerprint density at radius 1 is 1.00 bits per heavy atom. The lowest BCUT2D eigenvalue weighted by atomic mass is 9.87. The molecule has 1 aromatic carbocycles. The molecule has 2 aliphatic carbocycles. The van der Waals surface area contributed by atoms with E-state index < -0.39 is 0 Å². The Kier molecular flexibility index (Phi) is 4.03. The van der Waals surface area contributed by atoms with E-state index in [1.807, 2.05) is 35.0 Å². The Morgan fingerprint density at radius 2 is 1.85 bits per heavy atom. The summed E-state index contributed by atoms with van der Waals surface area (Å²) in [5.74, 6) is 2.38. The average Bonchev–Trinajstić information content (AvgIpc) is 3.32. The number of hydrogen-bond acceptors (Lipinski definition) is 5. The Hall–Kier alpha value is -2.89. The number of benzene rings is 1. The molecule has 27 heavy (non-hydrogen) atoms. The number of phenolic OH excluding ortho intramolecular Hbond substituents is 1. The number of ether oxygens (including phenoxy) is 1. The van der Waals surface area contributed by atoms with E-state index in [2.05, 4.69) is 15.2 Å². The zero-order valence-corrected chi connectivity index (χ0v) is 15.0. The summed E-state index contributed by atoms with van der Waals surface area (Å²) in [5.41, 5.74) is 2.11. The van der Waals surface area contributed by atoms with Gasteiger partial charge in [0.05, 0.1) is 17.7 Å². The molecule has 0 saturated heterocycles. The third-order valence-corrected chi connectivity index (χ3v) is 5.83. The highest BCUT2D eigenvalue weighted by Crippen LogP contribution is 2.43. The highest BCUT2D eigenvalue weighted by molar-refractivity contribution is 5.68. The van der Waals surface area contributed by atoms with E-state index in [9.17, 15) is 5.11 Å². The molecule has 3 atom stereocenters. The fourth-order valence-electron chi connectivity index (χ4n) is 4.55. The maximum atomic E-state index is 10.4. The topological polar surface area (TPSA) is 73.1 Å². The number of rotatable bonds is 4. The number of phenols is 1. The lowest BCUT2D eigenvalue weighted by Gasteiger charge is -2.27. The molecular weight excluding hydrogens is 340 g/mol. The van der Waals surface area contributed by atoms with E-state index in [1.165, 1.54) is 19.3 Å². The van der Waals surface area contributed by atoms with Gasteiger partial charge in [-0.05, 0) is 49.3 Å². The van der Waals surface area contributed by atoms with Crippen LogP contribution >= 0.6 is 0 Å². The second-order valence-electron chi connectivity index (χ2n) is 7.68. The average molecular weight is 362 g/mol. The van der Waals surface area contributed by atoms with Crippen molar-refractivity contribution in [3.05, 3.63) is 49.1 Å². The van der Waals surface area contributed by atoms with Crippen molar-refractivity contribution in [2.75, 3.05) is 0 Å². The monoisotopic (exact) mass is 362 g/mol. The molecule has 0 unspecified atom stereocenters. The van der Waals surface area contributed by atoms with Crippen LogP contribution in [-0.2, 0) is 0 Å². The minimum Gasteiger partial charge on any atom is -0.507 e. The van der Waals surface area contributed by atoms with Crippen molar-refractivity contribution in [2.45, 2.75) is 38.2 Å². The Bertz CT molecular complexity index is 912. The highest BCUT2D eigenvalue weighted by atomic mass is 16.5. The maximum Gasteiger partial charge on any atom is 0.233 e. The normalized spacial score (nSPS) is 24.1. The SMILES string of the molecule is Oc1cc(-n2ccnc2)ccc1-c1ccc(O[C@H]2C[C@@H]3CC[C@@H](C3)C2)nn1. The van der Waals surface area contributed by atoms with E-state index in [0.717, 1.165) is 30.4 Å². The lowest BCUT2D eigenvalue weighted by molar-refractivity contribution is 0.113. The van der Waals surface area contributed by atoms with Crippen molar-refractivity contribution in [1.29, 1.82) is 0 Å². The number of aromatic hydroxyl groups is 1. The molecule has 5 rings (SSSR count). The predicted molar refractivity (Wildman–Crippen MR) is 101 cm³/mol. The number of aromatic nitrogens is 4. The van der Waals surface area contributed by atoms with Gasteiger partial charge in [-0.2, -0.15) is 0 Å². The van der Waals surface area contributed by atoms with Crippen LogP contribution in [0.4, 0.5) is 0 Å². The Balaban J connectivity index is 1.31. The molecule has 2 fully saturated rings. The van der Waals surface area contributed by atoms with Crippen molar-refractivity contribution in [2.24, 2.45) is 11.8 Å². The molecule has 0 amide bonds. The van der Waals surface area contributed by atoms with Crippen LogP contribution in [0.25, 0.3) is 16.9 Å². The standard InChI is InChI=1S/C21H22N4O2/c26-20-12-16(25-8-7-22-13-25)3-4-18(20)19-5-6-21(24-23-19)27-17-10-14-1-2-15(9-14)11-17/h3-8,12-15,17,26H,1-2,9-11H2/t14-,15+,17+. The molecule has 1 N–H and O–H groups in total. The maximum absolute atomic E-state index is 10.4. The molecule has 138 valence electrons. The quantitative estimate of drug-likeness (QED) is 0.760. The molecule has 3 aromatic rings. The lowest BCUT2D eigenvalue weighted by Crippen LogP contribution is -2.26. The van der Waals surface area contributed by atoms with Crippen molar-refractivity contribution in [3.8, 4) is 28.6 Å². The first-order valence-electron chi connectivity index (χ1n) is 9.57. The minimum atomic E-state index is 0.160. The largest absolute Gasteiger partial charge is 0.507 e. The van der Waals surface area contributed by atoms with Gasteiger partial charge in [-0.1, -0.05) is 12.8 Å². The van der Waals surface area contributed by atoms with Crippen LogP contribution in [0.1, 0.15) is 32.1 Å². The van der Waals surface area contributed by atoms with Gasteiger partial charge in [0.25, 0.3) is 0 Å². The predicted octanol–water partition coefficient (Wildman–Crippen LogP) is 3.99. The highest BCUT2D eigenvalue weighted by Gasteiger charge is 2.35. The number of nitrogens with zero attached hydrogens (tertiary/aromatic N) is 4. The van der Waals surface area contributed by atoms with Gasteiger partial charge in [-0.3, -0.25) is 0 Å². The van der Waals surface area contributed by atoms with E-state index in [-0.39, 0.29) is 11.9 Å². The van der Waals surface area contributed by atoms with Crippen molar-refractivity contribution in [1.82, 2.24) is 19.7 Å². The Labute approximate surface area is 157 Å². The molecule has 0 aliphatic heterocycles. The molecule has 2 bridgehead atoms. The first kappa shape index (κ1) is 16.3. The van der Waals surface area contributed by atoms with Crippen molar-refractivity contribution in [3.63, 3.8) is 0 Å². The summed E-state index contributed by atoms with van der Waals surface area (Å²) in [4.78, 5) is 4.02. The summed E-state index contributed by atoms with van der Waals surface area (Å²) >= 11 is 0. The summed E-state index contributed by atoms with van der Waals surface area (Å²) in [7, 11) is 0. The number of fused-ring (bicyclic) bond motifs is 2. The summed E-state index contributed by atoms with van der Waals surface area (Å²) in [5, 5.41) is 18.9. The van der Waals surface area contributed by atoms with Gasteiger partial charge in [0, 0.05) is 30.1 Å². The zero-order valence-electron chi connectivity index (χ0n) is 15.0. The van der Waals surface area contributed by atoms with Gasteiger partial charge in [0.15, 0.2) is 0 Å². The van der Waals surface area contributed by atoms with Crippen LogP contribution in [0, 0.1) is 11.8 Å². The second kappa shape index (κ2) is 6.68. The summed E-state index contributed by atoms with van der Waals surface area (Å²) < 4.78 is 7.92. The van der Waals surface area contributed by atoms with Gasteiger partial charge < -0.3 is 14.4 Å². The third-order valence-electron chi connectivity index (χ3n) is 5.83. The van der Waals surface area contributed by atoms with Crippen LogP contribution in [0.2, 0.25) is 0 Å². The summed E-state index contributed by atoms with van der Waals surface area (Å²) in [6.45, 7) is 0. The molecule has 0 spiro atoms. The van der Waals surface area contributed by atoms with Crippen LogP contribution in [0.15, 0.2) is 49.1 Å². The van der Waals surface area contributed by atoms with E-state index >= 15 is 0 Å². The molecule has 0 radical (unpaired) electrons. The van der Waals surface area contributed by atoms with E-state index in [4.69, 9.17) is 4.74 Å². The molecule has 2 aromatic heterocycles. The molecule has 2 heterocycles. The third kappa shape index (κ3) is 3.27. The molecule has 2 saturated carbocycles.